The van der Waals surface area contributed by atoms with E-state index in [-0.39, 0.29) is 0 Å². The average molecular weight is 207 g/mol. The van der Waals surface area contributed by atoms with Gasteiger partial charge in [-0.15, -0.1) is 18.3 Å². The lowest BCUT2D eigenvalue weighted by atomic mass is 10.2. The molecular formula is C12H17NS. The first-order valence-electron chi connectivity index (χ1n) is 4.78. The molecule has 0 spiro atoms. The monoisotopic (exact) mass is 207 g/mol. The average Bonchev–Trinajstić information content (AvgIpc) is 2.18. The maximum atomic E-state index is 3.70. The highest BCUT2D eigenvalue weighted by Crippen LogP contribution is 2.15. The Morgan fingerprint density at radius 2 is 2.07 bits per heavy atom. The minimum Gasteiger partial charge on any atom is -0.374 e. The zero-order valence-electron chi connectivity index (χ0n) is 8.79. The fourth-order valence-electron chi connectivity index (χ4n) is 1.14. The first kappa shape index (κ1) is 11.2. The predicted octanol–water partition coefficient (Wildman–Crippen LogP) is 3.67. The zero-order chi connectivity index (χ0) is 10.4. The van der Waals surface area contributed by atoms with Crippen molar-refractivity contribution < 1.29 is 0 Å². The Morgan fingerprint density at radius 3 is 2.64 bits per heavy atom. The second-order valence-corrected chi connectivity index (χ2v) is 4.65. The van der Waals surface area contributed by atoms with Gasteiger partial charge in [0.15, 0.2) is 0 Å². The van der Waals surface area contributed by atoms with E-state index in [1.807, 2.05) is 17.8 Å². The molecule has 14 heavy (non-hydrogen) atoms. The minimum atomic E-state index is 0.427. The van der Waals surface area contributed by atoms with Crippen LogP contribution in [0.25, 0.3) is 0 Å². The summed E-state index contributed by atoms with van der Waals surface area (Å²) in [6.45, 7) is 7.96. The summed E-state index contributed by atoms with van der Waals surface area (Å²) in [5.74, 6) is 0.986. The third-order valence-electron chi connectivity index (χ3n) is 1.89. The molecule has 0 aliphatic heterocycles. The van der Waals surface area contributed by atoms with Gasteiger partial charge in [0.2, 0.25) is 0 Å². The Morgan fingerprint density at radius 1 is 1.43 bits per heavy atom. The molecule has 0 amide bonds. The van der Waals surface area contributed by atoms with Gasteiger partial charge < -0.3 is 5.32 Å². The lowest BCUT2D eigenvalue weighted by Gasteiger charge is -2.13. The molecule has 1 rings (SSSR count). The van der Waals surface area contributed by atoms with E-state index >= 15 is 0 Å². The first-order chi connectivity index (χ1) is 6.72. The Balaban J connectivity index is 2.43. The Labute approximate surface area is 90.6 Å². The summed E-state index contributed by atoms with van der Waals surface area (Å²) in [7, 11) is 0. The standard InChI is InChI=1S/C12H17NS/c1-4-9-14-11(3)13-12-7-5-10(2)6-8-12/h4-8,11,13H,1,9H2,2-3H3. The molecule has 1 aromatic rings. The number of nitrogens with one attached hydrogen (secondary N) is 1. The third kappa shape index (κ3) is 3.88. The van der Waals surface area contributed by atoms with E-state index in [0.29, 0.717) is 5.37 Å². The third-order valence-corrected chi connectivity index (χ3v) is 2.93. The number of anilines is 1. The van der Waals surface area contributed by atoms with Crippen molar-refractivity contribution in [2.24, 2.45) is 0 Å². The molecule has 0 aliphatic rings. The molecule has 1 N–H and O–H groups in total. The quantitative estimate of drug-likeness (QED) is 0.584. The van der Waals surface area contributed by atoms with E-state index in [2.05, 4.69) is 50.0 Å². The SMILES string of the molecule is C=CCSC(C)Nc1ccc(C)cc1. The second kappa shape index (κ2) is 5.76. The Bertz CT molecular complexity index is 279. The zero-order valence-corrected chi connectivity index (χ0v) is 9.60. The Kier molecular flexibility index (Phi) is 4.60. The maximum absolute atomic E-state index is 3.70. The van der Waals surface area contributed by atoms with Crippen LogP contribution in [0.2, 0.25) is 0 Å². The highest BCUT2D eigenvalue weighted by atomic mass is 32.2. The van der Waals surface area contributed by atoms with E-state index in [9.17, 15) is 0 Å². The van der Waals surface area contributed by atoms with Gasteiger partial charge >= 0.3 is 0 Å². The molecule has 0 aliphatic carbocycles. The van der Waals surface area contributed by atoms with Crippen molar-refractivity contribution in [2.45, 2.75) is 19.2 Å². The van der Waals surface area contributed by atoms with Crippen LogP contribution < -0.4 is 5.32 Å². The smallest absolute Gasteiger partial charge is 0.0697 e. The summed E-state index contributed by atoms with van der Waals surface area (Å²) in [6.07, 6.45) is 1.93. The summed E-state index contributed by atoms with van der Waals surface area (Å²) in [5.41, 5.74) is 2.47. The molecule has 2 heteroatoms. The molecule has 0 bridgehead atoms. The van der Waals surface area contributed by atoms with Gasteiger partial charge in [-0.25, -0.2) is 0 Å². The second-order valence-electron chi connectivity index (χ2n) is 3.27. The van der Waals surface area contributed by atoms with Gasteiger partial charge in [-0.05, 0) is 26.0 Å². The van der Waals surface area contributed by atoms with E-state index in [0.717, 1.165) is 5.75 Å². The molecule has 0 heterocycles. The molecule has 0 saturated heterocycles. The summed E-state index contributed by atoms with van der Waals surface area (Å²) in [5, 5.41) is 3.85. The largest absolute Gasteiger partial charge is 0.374 e. The van der Waals surface area contributed by atoms with Crippen LogP contribution in [0.15, 0.2) is 36.9 Å². The Hall–Kier alpha value is -0.890. The predicted molar refractivity (Wildman–Crippen MR) is 66.9 cm³/mol. The number of aryl methyl sites for hydroxylation is 1. The molecule has 0 fully saturated rings. The first-order valence-corrected chi connectivity index (χ1v) is 5.83. The van der Waals surface area contributed by atoms with Crippen LogP contribution in [0.4, 0.5) is 5.69 Å². The van der Waals surface area contributed by atoms with Crippen molar-refractivity contribution in [1.29, 1.82) is 0 Å². The van der Waals surface area contributed by atoms with Gasteiger partial charge in [0.25, 0.3) is 0 Å². The lowest BCUT2D eigenvalue weighted by molar-refractivity contribution is 1.12. The fourth-order valence-corrected chi connectivity index (χ4v) is 1.78. The molecule has 0 aromatic heterocycles. The summed E-state index contributed by atoms with van der Waals surface area (Å²) in [6, 6.07) is 8.46. The van der Waals surface area contributed by atoms with Crippen LogP contribution in [0, 0.1) is 6.92 Å². The van der Waals surface area contributed by atoms with Crippen molar-refractivity contribution in [1.82, 2.24) is 0 Å². The molecule has 1 unspecified atom stereocenters. The van der Waals surface area contributed by atoms with Crippen molar-refractivity contribution in [3.8, 4) is 0 Å². The number of thioether (sulfide) groups is 1. The minimum absolute atomic E-state index is 0.427. The van der Waals surface area contributed by atoms with Gasteiger partial charge in [0.05, 0.1) is 5.37 Å². The molecule has 0 radical (unpaired) electrons. The number of hydrogen-bond acceptors (Lipinski definition) is 2. The van der Waals surface area contributed by atoms with Crippen molar-refractivity contribution in [3.05, 3.63) is 42.5 Å². The van der Waals surface area contributed by atoms with Crippen LogP contribution in [0.3, 0.4) is 0 Å². The van der Waals surface area contributed by atoms with E-state index < -0.39 is 0 Å². The van der Waals surface area contributed by atoms with Crippen LogP contribution in [-0.4, -0.2) is 11.1 Å². The maximum Gasteiger partial charge on any atom is 0.0697 e. The van der Waals surface area contributed by atoms with E-state index in [1.54, 1.807) is 0 Å². The number of hydrogen-bond donors (Lipinski definition) is 1. The normalized spacial score (nSPS) is 12.1. The summed E-state index contributed by atoms with van der Waals surface area (Å²) >= 11 is 1.85. The van der Waals surface area contributed by atoms with Crippen LogP contribution in [0.5, 0.6) is 0 Å². The van der Waals surface area contributed by atoms with Gasteiger partial charge in [-0.2, -0.15) is 0 Å². The van der Waals surface area contributed by atoms with Gasteiger partial charge in [-0.3, -0.25) is 0 Å². The van der Waals surface area contributed by atoms with Crippen LogP contribution in [-0.2, 0) is 0 Å². The number of rotatable bonds is 5. The topological polar surface area (TPSA) is 12.0 Å². The van der Waals surface area contributed by atoms with Crippen LogP contribution in [0.1, 0.15) is 12.5 Å². The molecular weight excluding hydrogens is 190 g/mol. The molecule has 0 saturated carbocycles. The highest BCUT2D eigenvalue weighted by Gasteiger charge is 1.99. The van der Waals surface area contributed by atoms with E-state index in [4.69, 9.17) is 0 Å². The van der Waals surface area contributed by atoms with Crippen molar-refractivity contribution in [3.63, 3.8) is 0 Å². The van der Waals surface area contributed by atoms with Gasteiger partial charge in [0, 0.05) is 11.4 Å². The number of benzene rings is 1. The molecule has 1 nitrogen and oxygen atoms in total. The molecule has 1 atom stereocenters. The highest BCUT2D eigenvalue weighted by molar-refractivity contribution is 8.00. The van der Waals surface area contributed by atoms with Crippen LogP contribution >= 0.6 is 11.8 Å². The van der Waals surface area contributed by atoms with Gasteiger partial charge in [-0.1, -0.05) is 23.8 Å². The molecule has 76 valence electrons. The lowest BCUT2D eigenvalue weighted by Crippen LogP contribution is -2.10. The van der Waals surface area contributed by atoms with Gasteiger partial charge in [0.1, 0.15) is 0 Å². The molecule has 1 aromatic carbocycles. The van der Waals surface area contributed by atoms with Crippen molar-refractivity contribution in [2.75, 3.05) is 11.1 Å². The fraction of sp³-hybridized carbons (Fsp3) is 0.333. The summed E-state index contributed by atoms with van der Waals surface area (Å²) < 4.78 is 0. The summed E-state index contributed by atoms with van der Waals surface area (Å²) in [4.78, 5) is 0. The van der Waals surface area contributed by atoms with Crippen molar-refractivity contribution >= 4 is 17.4 Å². The van der Waals surface area contributed by atoms with E-state index in [1.165, 1.54) is 11.3 Å².